The number of furan rings is 1. The molecule has 1 unspecified atom stereocenters. The Balaban J connectivity index is 1.73. The van der Waals surface area contributed by atoms with Crippen LogP contribution in [0.25, 0.3) is 0 Å². The Labute approximate surface area is 140 Å². The summed E-state index contributed by atoms with van der Waals surface area (Å²) < 4.78 is 23.9. The third-order valence-corrected chi connectivity index (χ3v) is 4.27. The number of halogens is 1. The molecule has 1 atom stereocenters. The second-order valence-corrected chi connectivity index (χ2v) is 5.86. The SMILES string of the molecule is Cc1ccoc1C(=O)NCC(c1ccc(F)cc1)N1CCOCC1. The first-order chi connectivity index (χ1) is 11.6. The molecule has 0 spiro atoms. The third kappa shape index (κ3) is 3.83. The summed E-state index contributed by atoms with van der Waals surface area (Å²) in [6.45, 7) is 5.11. The lowest BCUT2D eigenvalue weighted by molar-refractivity contribution is 0.0161. The van der Waals surface area contributed by atoms with Crippen LogP contribution in [-0.2, 0) is 4.74 Å². The zero-order chi connectivity index (χ0) is 16.9. The fraction of sp³-hybridized carbons (Fsp3) is 0.389. The number of rotatable bonds is 5. The summed E-state index contributed by atoms with van der Waals surface area (Å²) in [6.07, 6.45) is 1.50. The van der Waals surface area contributed by atoms with Crippen molar-refractivity contribution in [2.24, 2.45) is 0 Å². The minimum absolute atomic E-state index is 0.0336. The van der Waals surface area contributed by atoms with E-state index in [1.165, 1.54) is 18.4 Å². The summed E-state index contributed by atoms with van der Waals surface area (Å²) in [4.78, 5) is 14.5. The normalized spacial score (nSPS) is 16.8. The predicted octanol–water partition coefficient (Wildman–Crippen LogP) is 2.53. The molecule has 1 aromatic carbocycles. The smallest absolute Gasteiger partial charge is 0.287 e. The standard InChI is InChI=1S/C18H21FN2O3/c1-13-6-9-24-17(13)18(22)20-12-16(21-7-10-23-11-8-21)14-2-4-15(19)5-3-14/h2-6,9,16H,7-8,10-12H2,1H3,(H,20,22). The molecule has 2 aromatic rings. The molecule has 2 heterocycles. The molecular weight excluding hydrogens is 311 g/mol. The van der Waals surface area contributed by atoms with Crippen molar-refractivity contribution in [3.05, 3.63) is 59.3 Å². The van der Waals surface area contributed by atoms with E-state index in [1.807, 2.05) is 6.92 Å². The molecular formula is C18H21FN2O3. The van der Waals surface area contributed by atoms with Crippen LogP contribution in [0.15, 0.2) is 41.0 Å². The summed E-state index contributed by atoms with van der Waals surface area (Å²) in [6, 6.07) is 8.14. The zero-order valence-electron chi connectivity index (χ0n) is 13.6. The molecule has 1 N–H and O–H groups in total. The minimum atomic E-state index is -0.269. The molecule has 0 bridgehead atoms. The number of carbonyl (C=O) groups excluding carboxylic acids is 1. The van der Waals surface area contributed by atoms with Crippen molar-refractivity contribution < 1.29 is 18.3 Å². The molecule has 5 nitrogen and oxygen atoms in total. The van der Waals surface area contributed by atoms with Gasteiger partial charge in [-0.25, -0.2) is 4.39 Å². The number of nitrogens with zero attached hydrogens (tertiary/aromatic N) is 1. The quantitative estimate of drug-likeness (QED) is 0.914. The second-order valence-electron chi connectivity index (χ2n) is 5.86. The summed E-state index contributed by atoms with van der Waals surface area (Å²) in [5.41, 5.74) is 1.77. The van der Waals surface area contributed by atoms with Crippen LogP contribution in [0.4, 0.5) is 4.39 Å². The fourth-order valence-corrected chi connectivity index (χ4v) is 2.91. The lowest BCUT2D eigenvalue weighted by atomic mass is 10.0. The molecule has 128 valence electrons. The maximum Gasteiger partial charge on any atom is 0.287 e. The Morgan fingerprint density at radius 2 is 1.96 bits per heavy atom. The van der Waals surface area contributed by atoms with Crippen molar-refractivity contribution in [2.75, 3.05) is 32.8 Å². The van der Waals surface area contributed by atoms with Crippen LogP contribution in [0.3, 0.4) is 0 Å². The maximum atomic E-state index is 13.2. The predicted molar refractivity (Wildman–Crippen MR) is 87.3 cm³/mol. The van der Waals surface area contributed by atoms with E-state index >= 15 is 0 Å². The van der Waals surface area contributed by atoms with Gasteiger partial charge in [0.1, 0.15) is 5.82 Å². The van der Waals surface area contributed by atoms with Crippen LogP contribution >= 0.6 is 0 Å². The monoisotopic (exact) mass is 332 g/mol. The Bertz CT molecular complexity index is 678. The average Bonchev–Trinajstić information content (AvgIpc) is 3.03. The number of morpholine rings is 1. The van der Waals surface area contributed by atoms with E-state index in [4.69, 9.17) is 9.15 Å². The number of hydrogen-bond donors (Lipinski definition) is 1. The number of amides is 1. The average molecular weight is 332 g/mol. The fourth-order valence-electron chi connectivity index (χ4n) is 2.91. The number of nitrogens with one attached hydrogen (secondary N) is 1. The topological polar surface area (TPSA) is 54.7 Å². The number of aryl methyl sites for hydroxylation is 1. The molecule has 1 aliphatic rings. The molecule has 1 fully saturated rings. The van der Waals surface area contributed by atoms with Crippen LogP contribution in [0, 0.1) is 12.7 Å². The van der Waals surface area contributed by atoms with Crippen LogP contribution in [0.2, 0.25) is 0 Å². The van der Waals surface area contributed by atoms with Gasteiger partial charge in [0.15, 0.2) is 5.76 Å². The number of benzene rings is 1. The first kappa shape index (κ1) is 16.7. The van der Waals surface area contributed by atoms with Gasteiger partial charge >= 0.3 is 0 Å². The molecule has 0 radical (unpaired) electrons. The van der Waals surface area contributed by atoms with Gasteiger partial charge in [0.2, 0.25) is 0 Å². The minimum Gasteiger partial charge on any atom is -0.459 e. The van der Waals surface area contributed by atoms with Gasteiger partial charge in [0.05, 0.1) is 25.5 Å². The highest BCUT2D eigenvalue weighted by Gasteiger charge is 2.24. The van der Waals surface area contributed by atoms with Crippen LogP contribution < -0.4 is 5.32 Å². The zero-order valence-corrected chi connectivity index (χ0v) is 13.6. The summed E-state index contributed by atoms with van der Waals surface area (Å²) in [5.74, 6) is -0.178. The lowest BCUT2D eigenvalue weighted by Crippen LogP contribution is -2.43. The van der Waals surface area contributed by atoms with E-state index < -0.39 is 0 Å². The first-order valence-corrected chi connectivity index (χ1v) is 8.04. The van der Waals surface area contributed by atoms with Crippen LogP contribution in [0.5, 0.6) is 0 Å². The van der Waals surface area contributed by atoms with Gasteiger partial charge in [0.25, 0.3) is 5.91 Å². The van der Waals surface area contributed by atoms with Crippen molar-refractivity contribution in [1.82, 2.24) is 10.2 Å². The summed E-state index contributed by atoms with van der Waals surface area (Å²) in [5, 5.41) is 2.93. The van der Waals surface area contributed by atoms with Gasteiger partial charge in [-0.1, -0.05) is 12.1 Å². The molecule has 6 heteroatoms. The van der Waals surface area contributed by atoms with Gasteiger partial charge in [-0.15, -0.1) is 0 Å². The van der Waals surface area contributed by atoms with Crippen molar-refractivity contribution in [3.63, 3.8) is 0 Å². The van der Waals surface area contributed by atoms with E-state index in [1.54, 1.807) is 18.2 Å². The Hall–Kier alpha value is -2.18. The van der Waals surface area contributed by atoms with Gasteiger partial charge in [0, 0.05) is 25.2 Å². The maximum absolute atomic E-state index is 13.2. The van der Waals surface area contributed by atoms with Crippen molar-refractivity contribution in [2.45, 2.75) is 13.0 Å². The number of hydrogen-bond acceptors (Lipinski definition) is 4. The van der Waals surface area contributed by atoms with E-state index in [-0.39, 0.29) is 17.8 Å². The van der Waals surface area contributed by atoms with E-state index in [0.717, 1.165) is 24.2 Å². The molecule has 1 aromatic heterocycles. The lowest BCUT2D eigenvalue weighted by Gasteiger charge is -2.34. The number of carbonyl (C=O) groups is 1. The molecule has 24 heavy (non-hydrogen) atoms. The Morgan fingerprint density at radius 3 is 2.58 bits per heavy atom. The van der Waals surface area contributed by atoms with Gasteiger partial charge in [-0.05, 0) is 30.7 Å². The highest BCUT2D eigenvalue weighted by atomic mass is 19.1. The third-order valence-electron chi connectivity index (χ3n) is 4.27. The van der Waals surface area contributed by atoms with Crippen molar-refractivity contribution in [3.8, 4) is 0 Å². The highest BCUT2D eigenvalue weighted by Crippen LogP contribution is 2.22. The van der Waals surface area contributed by atoms with E-state index in [2.05, 4.69) is 10.2 Å². The summed E-state index contributed by atoms with van der Waals surface area (Å²) >= 11 is 0. The molecule has 1 amide bonds. The molecule has 1 saturated heterocycles. The van der Waals surface area contributed by atoms with Crippen LogP contribution in [-0.4, -0.2) is 43.7 Å². The van der Waals surface area contributed by atoms with Crippen molar-refractivity contribution >= 4 is 5.91 Å². The van der Waals surface area contributed by atoms with Gasteiger partial charge < -0.3 is 14.5 Å². The molecule has 0 saturated carbocycles. The summed E-state index contributed by atoms with van der Waals surface area (Å²) in [7, 11) is 0. The molecule has 0 aliphatic carbocycles. The first-order valence-electron chi connectivity index (χ1n) is 8.04. The molecule has 1 aliphatic heterocycles. The molecule has 3 rings (SSSR count). The van der Waals surface area contributed by atoms with E-state index in [9.17, 15) is 9.18 Å². The van der Waals surface area contributed by atoms with Crippen molar-refractivity contribution in [1.29, 1.82) is 0 Å². The Morgan fingerprint density at radius 1 is 1.25 bits per heavy atom. The van der Waals surface area contributed by atoms with Crippen LogP contribution in [0.1, 0.15) is 27.7 Å². The van der Waals surface area contributed by atoms with Gasteiger partial charge in [-0.3, -0.25) is 9.69 Å². The van der Waals surface area contributed by atoms with Gasteiger partial charge in [-0.2, -0.15) is 0 Å². The highest BCUT2D eigenvalue weighted by molar-refractivity contribution is 5.92. The Kier molecular flexibility index (Phi) is 5.27. The number of ether oxygens (including phenoxy) is 1. The largest absolute Gasteiger partial charge is 0.459 e. The van der Waals surface area contributed by atoms with E-state index in [0.29, 0.717) is 25.5 Å². The second kappa shape index (κ2) is 7.59.